The number of hydrogen-bond acceptors (Lipinski definition) is 2. The third-order valence-corrected chi connectivity index (χ3v) is 2.56. The number of nitrogens with one attached hydrogen (secondary N) is 1. The molecule has 0 amide bonds. The molecule has 2 aromatic rings. The van der Waals surface area contributed by atoms with Gasteiger partial charge in [0.05, 0.1) is 6.10 Å². The summed E-state index contributed by atoms with van der Waals surface area (Å²) in [6.07, 6.45) is 2.05. The average Bonchev–Trinajstić information content (AvgIpc) is 2.29. The maximum absolute atomic E-state index is 5.60. The minimum atomic E-state index is 0.198. The monoisotopic (exact) mass is 245 g/mol. The summed E-state index contributed by atoms with van der Waals surface area (Å²) in [6.45, 7) is 4.03. The predicted octanol–water partition coefficient (Wildman–Crippen LogP) is 4.20. The molecule has 0 bridgehead atoms. The Morgan fingerprint density at radius 1 is 1.12 bits per heavy atom. The van der Waals surface area contributed by atoms with Gasteiger partial charge in [-0.3, -0.25) is 0 Å². The van der Waals surface area contributed by atoms with Crippen LogP contribution in [0.5, 0.6) is 5.75 Å². The molecule has 0 aliphatic heterocycles. The zero-order chi connectivity index (χ0) is 12.3. The minimum Gasteiger partial charge on any atom is -0.491 e. The Kier molecular flexibility index (Phi) is 3.59. The van der Waals surface area contributed by atoms with Crippen LogP contribution in [0.2, 0.25) is 0 Å². The summed E-state index contributed by atoms with van der Waals surface area (Å²) in [5.41, 5.74) is 2.13. The molecule has 0 fully saturated rings. The molecule has 1 aromatic carbocycles. The van der Waals surface area contributed by atoms with E-state index >= 15 is 0 Å². The van der Waals surface area contributed by atoms with E-state index in [1.54, 1.807) is 0 Å². The average molecular weight is 245 g/mol. The van der Waals surface area contributed by atoms with Crippen LogP contribution in [0.15, 0.2) is 42.6 Å². The molecule has 0 saturated carbocycles. The first-order valence-electron chi connectivity index (χ1n) is 5.61. The molecule has 1 aromatic heterocycles. The first-order chi connectivity index (χ1) is 8.15. The van der Waals surface area contributed by atoms with Gasteiger partial charge in [0.15, 0.2) is 0 Å². The van der Waals surface area contributed by atoms with Crippen LogP contribution in [-0.4, -0.2) is 11.1 Å². The lowest BCUT2D eigenvalue weighted by Gasteiger charge is -2.10. The molecular weight excluding hydrogens is 230 g/mol. The Morgan fingerprint density at radius 3 is 2.41 bits per heavy atom. The van der Waals surface area contributed by atoms with Crippen molar-refractivity contribution >= 4 is 12.2 Å². The largest absolute Gasteiger partial charge is 0.491 e. The van der Waals surface area contributed by atoms with Crippen molar-refractivity contribution in [1.82, 2.24) is 4.98 Å². The van der Waals surface area contributed by atoms with E-state index in [0.717, 1.165) is 21.5 Å². The minimum absolute atomic E-state index is 0.198. The summed E-state index contributed by atoms with van der Waals surface area (Å²) in [5, 5.41) is 0. The normalized spacial score (nSPS) is 10.5. The Labute approximate surface area is 106 Å². The Morgan fingerprint density at radius 2 is 1.82 bits per heavy atom. The van der Waals surface area contributed by atoms with Crippen LogP contribution in [-0.2, 0) is 0 Å². The fourth-order valence-corrected chi connectivity index (χ4v) is 1.78. The third-order valence-electron chi connectivity index (χ3n) is 2.31. The molecule has 0 saturated heterocycles. The molecule has 88 valence electrons. The van der Waals surface area contributed by atoms with Crippen LogP contribution in [0.1, 0.15) is 13.8 Å². The lowest BCUT2D eigenvalue weighted by molar-refractivity contribution is 0.242. The van der Waals surface area contributed by atoms with Gasteiger partial charge in [-0.05, 0) is 55.8 Å². The van der Waals surface area contributed by atoms with Gasteiger partial charge in [0.25, 0.3) is 0 Å². The zero-order valence-electron chi connectivity index (χ0n) is 9.94. The molecule has 3 heteroatoms. The van der Waals surface area contributed by atoms with E-state index in [1.807, 2.05) is 56.4 Å². The first kappa shape index (κ1) is 11.9. The summed E-state index contributed by atoms with van der Waals surface area (Å²) in [5.74, 6) is 0.887. The summed E-state index contributed by atoms with van der Waals surface area (Å²) in [4.78, 5) is 3.18. The topological polar surface area (TPSA) is 25.0 Å². The van der Waals surface area contributed by atoms with E-state index in [-0.39, 0.29) is 6.10 Å². The van der Waals surface area contributed by atoms with Crippen molar-refractivity contribution in [1.29, 1.82) is 0 Å². The molecule has 0 atom stereocenters. The number of pyridine rings is 1. The lowest BCUT2D eigenvalue weighted by atomic mass is 10.1. The van der Waals surface area contributed by atoms with Gasteiger partial charge in [-0.15, -0.1) is 0 Å². The second-order valence-corrected chi connectivity index (χ2v) is 4.60. The molecule has 2 nitrogen and oxygen atoms in total. The number of aromatic amines is 1. The van der Waals surface area contributed by atoms with E-state index in [1.165, 1.54) is 0 Å². The van der Waals surface area contributed by atoms with Gasteiger partial charge in [0.1, 0.15) is 5.75 Å². The number of rotatable bonds is 3. The molecule has 0 unspecified atom stereocenters. The van der Waals surface area contributed by atoms with E-state index in [2.05, 4.69) is 4.98 Å². The molecule has 2 rings (SSSR count). The van der Waals surface area contributed by atoms with Crippen LogP contribution >= 0.6 is 12.2 Å². The molecular formula is C14H15NOS. The van der Waals surface area contributed by atoms with Crippen molar-refractivity contribution in [3.05, 3.63) is 47.1 Å². The highest BCUT2D eigenvalue weighted by Gasteiger charge is 2.00. The number of aromatic nitrogens is 1. The lowest BCUT2D eigenvalue weighted by Crippen LogP contribution is -2.05. The molecule has 1 heterocycles. The van der Waals surface area contributed by atoms with Crippen LogP contribution in [0.4, 0.5) is 0 Å². The van der Waals surface area contributed by atoms with Crippen LogP contribution in [0.25, 0.3) is 11.3 Å². The smallest absolute Gasteiger partial charge is 0.119 e. The fraction of sp³-hybridized carbons (Fsp3) is 0.214. The Bertz CT molecular complexity index is 543. The number of ether oxygens (including phenoxy) is 1. The van der Waals surface area contributed by atoms with Gasteiger partial charge in [-0.1, -0.05) is 12.2 Å². The van der Waals surface area contributed by atoms with Crippen molar-refractivity contribution in [3.63, 3.8) is 0 Å². The van der Waals surface area contributed by atoms with Crippen LogP contribution in [0, 0.1) is 4.51 Å². The van der Waals surface area contributed by atoms with Gasteiger partial charge in [0.2, 0.25) is 0 Å². The fourth-order valence-electron chi connectivity index (χ4n) is 1.60. The molecule has 0 radical (unpaired) electrons. The molecule has 17 heavy (non-hydrogen) atoms. The van der Waals surface area contributed by atoms with Crippen molar-refractivity contribution < 1.29 is 4.74 Å². The highest BCUT2D eigenvalue weighted by Crippen LogP contribution is 2.21. The maximum atomic E-state index is 5.60. The van der Waals surface area contributed by atoms with E-state index in [9.17, 15) is 0 Å². The van der Waals surface area contributed by atoms with Crippen LogP contribution < -0.4 is 4.74 Å². The van der Waals surface area contributed by atoms with Gasteiger partial charge >= 0.3 is 0 Å². The quantitative estimate of drug-likeness (QED) is 0.820. The van der Waals surface area contributed by atoms with Gasteiger partial charge < -0.3 is 9.72 Å². The maximum Gasteiger partial charge on any atom is 0.119 e. The predicted molar refractivity (Wildman–Crippen MR) is 72.8 cm³/mol. The van der Waals surface area contributed by atoms with Gasteiger partial charge in [-0.25, -0.2) is 0 Å². The highest BCUT2D eigenvalue weighted by atomic mass is 32.1. The summed E-state index contributed by atoms with van der Waals surface area (Å²) >= 11 is 5.14. The SMILES string of the molecule is CC(C)Oc1ccc(-c2cc(=S)cc[nH]2)cc1. The second kappa shape index (κ2) is 5.15. The Balaban J connectivity index is 2.26. The van der Waals surface area contributed by atoms with E-state index in [4.69, 9.17) is 17.0 Å². The van der Waals surface area contributed by atoms with Crippen molar-refractivity contribution in [2.45, 2.75) is 20.0 Å². The molecule has 0 aliphatic carbocycles. The summed E-state index contributed by atoms with van der Waals surface area (Å²) < 4.78 is 6.43. The standard InChI is InChI=1S/C14H15NOS/c1-10(2)16-12-5-3-11(4-6-12)14-9-13(17)7-8-15-14/h3-10H,1-2H3,(H,15,17). The molecule has 0 aliphatic rings. The van der Waals surface area contributed by atoms with E-state index in [0.29, 0.717) is 0 Å². The van der Waals surface area contributed by atoms with Crippen molar-refractivity contribution in [3.8, 4) is 17.0 Å². The molecule has 1 N–H and O–H groups in total. The van der Waals surface area contributed by atoms with Crippen LogP contribution in [0.3, 0.4) is 0 Å². The summed E-state index contributed by atoms with van der Waals surface area (Å²) in [6, 6.07) is 11.8. The van der Waals surface area contributed by atoms with E-state index < -0.39 is 0 Å². The number of H-pyrrole nitrogens is 1. The first-order valence-corrected chi connectivity index (χ1v) is 6.02. The van der Waals surface area contributed by atoms with Gasteiger partial charge in [0, 0.05) is 16.4 Å². The van der Waals surface area contributed by atoms with Crippen molar-refractivity contribution in [2.24, 2.45) is 0 Å². The molecule has 0 spiro atoms. The second-order valence-electron chi connectivity index (χ2n) is 4.13. The number of benzene rings is 1. The van der Waals surface area contributed by atoms with Crippen molar-refractivity contribution in [2.75, 3.05) is 0 Å². The van der Waals surface area contributed by atoms with Gasteiger partial charge in [-0.2, -0.15) is 0 Å². The Hall–Kier alpha value is -1.61. The zero-order valence-corrected chi connectivity index (χ0v) is 10.8. The summed E-state index contributed by atoms with van der Waals surface area (Å²) in [7, 11) is 0. The number of hydrogen-bond donors (Lipinski definition) is 1. The highest BCUT2D eigenvalue weighted by molar-refractivity contribution is 7.71. The third kappa shape index (κ3) is 3.17.